The topological polar surface area (TPSA) is 82.9 Å². The molecule has 0 bridgehead atoms. The summed E-state index contributed by atoms with van der Waals surface area (Å²) in [6, 6.07) is 9.18. The van der Waals surface area contributed by atoms with Crippen molar-refractivity contribution in [3.8, 4) is 34.4 Å². The van der Waals surface area contributed by atoms with Crippen LogP contribution in [0.25, 0.3) is 11.4 Å². The standard InChI is InChI=1S/C19H19BrN4O4S/c1-25-14-6-5-13(20)7-12(14)10-21-24-18(22-23-19(24)29)11-8-15(26-2)17(28-4)16(9-11)27-3/h5-10H,1-4H3,(H,23,29)/b21-10+. The first-order valence-electron chi connectivity index (χ1n) is 8.38. The molecule has 0 saturated heterocycles. The number of aromatic nitrogens is 3. The highest BCUT2D eigenvalue weighted by atomic mass is 79.9. The fourth-order valence-corrected chi connectivity index (χ4v) is 3.28. The molecule has 3 aromatic rings. The Morgan fingerprint density at radius 3 is 2.24 bits per heavy atom. The molecule has 0 unspecified atom stereocenters. The SMILES string of the molecule is COc1ccc(Br)cc1/C=N/n1c(-c2cc(OC)c(OC)c(OC)c2)n[nH]c1=S. The van der Waals surface area contributed by atoms with Gasteiger partial charge in [0.25, 0.3) is 0 Å². The monoisotopic (exact) mass is 478 g/mol. The Hall–Kier alpha value is -2.85. The van der Waals surface area contributed by atoms with Crippen molar-refractivity contribution in [2.75, 3.05) is 28.4 Å². The van der Waals surface area contributed by atoms with E-state index in [4.69, 9.17) is 31.2 Å². The van der Waals surface area contributed by atoms with Gasteiger partial charge in [0.2, 0.25) is 10.5 Å². The van der Waals surface area contributed by atoms with Gasteiger partial charge in [0.05, 0.1) is 34.7 Å². The molecule has 1 heterocycles. The van der Waals surface area contributed by atoms with E-state index in [1.165, 1.54) is 4.68 Å². The van der Waals surface area contributed by atoms with Gasteiger partial charge in [0.1, 0.15) is 5.75 Å². The quantitative estimate of drug-likeness (QED) is 0.402. The van der Waals surface area contributed by atoms with E-state index in [9.17, 15) is 0 Å². The van der Waals surface area contributed by atoms with Crippen LogP contribution >= 0.6 is 28.1 Å². The molecule has 0 aliphatic rings. The second kappa shape index (κ2) is 9.10. The summed E-state index contributed by atoms with van der Waals surface area (Å²) in [6.45, 7) is 0. The third-order valence-electron chi connectivity index (χ3n) is 4.08. The summed E-state index contributed by atoms with van der Waals surface area (Å²) < 4.78 is 24.3. The van der Waals surface area contributed by atoms with E-state index in [0.717, 1.165) is 10.0 Å². The minimum atomic E-state index is 0.332. The highest BCUT2D eigenvalue weighted by molar-refractivity contribution is 9.10. The third kappa shape index (κ3) is 4.28. The highest BCUT2D eigenvalue weighted by Crippen LogP contribution is 2.40. The third-order valence-corrected chi connectivity index (χ3v) is 4.83. The van der Waals surface area contributed by atoms with Crippen LogP contribution in [0.1, 0.15) is 5.56 Å². The largest absolute Gasteiger partial charge is 0.496 e. The maximum absolute atomic E-state index is 5.42. The number of hydrogen-bond donors (Lipinski definition) is 1. The first kappa shape index (κ1) is 20.9. The number of aromatic amines is 1. The maximum Gasteiger partial charge on any atom is 0.216 e. The van der Waals surface area contributed by atoms with Crippen LogP contribution in [0, 0.1) is 4.77 Å². The molecule has 1 N–H and O–H groups in total. The molecule has 0 spiro atoms. The van der Waals surface area contributed by atoms with Crippen LogP contribution in [0.3, 0.4) is 0 Å². The Balaban J connectivity index is 2.10. The van der Waals surface area contributed by atoms with Gasteiger partial charge in [-0.1, -0.05) is 15.9 Å². The van der Waals surface area contributed by atoms with Crippen molar-refractivity contribution in [1.82, 2.24) is 14.9 Å². The molecule has 152 valence electrons. The van der Waals surface area contributed by atoms with Gasteiger partial charge < -0.3 is 18.9 Å². The molecular formula is C19H19BrN4O4S. The molecule has 0 aliphatic heterocycles. The van der Waals surface area contributed by atoms with E-state index < -0.39 is 0 Å². The lowest BCUT2D eigenvalue weighted by Crippen LogP contribution is -1.99. The van der Waals surface area contributed by atoms with Crippen molar-refractivity contribution in [2.45, 2.75) is 0 Å². The predicted molar refractivity (Wildman–Crippen MR) is 116 cm³/mol. The fraction of sp³-hybridized carbons (Fsp3) is 0.211. The number of rotatable bonds is 7. The van der Waals surface area contributed by atoms with Crippen LogP contribution in [0.2, 0.25) is 0 Å². The van der Waals surface area contributed by atoms with Crippen molar-refractivity contribution in [3.05, 3.63) is 45.1 Å². The second-order valence-corrected chi connectivity index (χ2v) is 7.01. The summed E-state index contributed by atoms with van der Waals surface area (Å²) in [6.07, 6.45) is 1.65. The van der Waals surface area contributed by atoms with Crippen molar-refractivity contribution >= 4 is 34.4 Å². The van der Waals surface area contributed by atoms with Gasteiger partial charge in [0.15, 0.2) is 17.3 Å². The Morgan fingerprint density at radius 1 is 1.00 bits per heavy atom. The molecule has 0 amide bonds. The first-order valence-corrected chi connectivity index (χ1v) is 9.58. The van der Waals surface area contributed by atoms with Crippen LogP contribution in [-0.4, -0.2) is 49.5 Å². The number of benzene rings is 2. The van der Waals surface area contributed by atoms with Crippen LogP contribution in [0.5, 0.6) is 23.0 Å². The highest BCUT2D eigenvalue weighted by Gasteiger charge is 2.17. The molecule has 8 nitrogen and oxygen atoms in total. The molecular weight excluding hydrogens is 460 g/mol. The number of hydrogen-bond acceptors (Lipinski definition) is 7. The van der Waals surface area contributed by atoms with Crippen LogP contribution in [-0.2, 0) is 0 Å². The first-order chi connectivity index (χ1) is 14.0. The second-order valence-electron chi connectivity index (χ2n) is 5.71. The molecule has 0 saturated carbocycles. The average molecular weight is 479 g/mol. The van der Waals surface area contributed by atoms with E-state index >= 15 is 0 Å². The number of nitrogens with one attached hydrogen (secondary N) is 1. The van der Waals surface area contributed by atoms with Gasteiger partial charge in [-0.15, -0.1) is 0 Å². The van der Waals surface area contributed by atoms with Crippen molar-refractivity contribution in [1.29, 1.82) is 0 Å². The summed E-state index contributed by atoms with van der Waals surface area (Å²) >= 11 is 8.80. The summed E-state index contributed by atoms with van der Waals surface area (Å²) in [5.74, 6) is 2.66. The zero-order valence-corrected chi connectivity index (χ0v) is 18.6. The Morgan fingerprint density at radius 2 is 1.66 bits per heavy atom. The minimum Gasteiger partial charge on any atom is -0.496 e. The number of methoxy groups -OCH3 is 4. The predicted octanol–water partition coefficient (Wildman–Crippen LogP) is 4.29. The molecule has 2 aromatic carbocycles. The van der Waals surface area contributed by atoms with E-state index in [-0.39, 0.29) is 0 Å². The number of nitrogens with zero attached hydrogens (tertiary/aromatic N) is 3. The molecule has 0 radical (unpaired) electrons. The van der Waals surface area contributed by atoms with Gasteiger partial charge in [0, 0.05) is 15.6 Å². The van der Waals surface area contributed by atoms with Gasteiger partial charge in [-0.2, -0.15) is 14.9 Å². The number of halogens is 1. The molecule has 29 heavy (non-hydrogen) atoms. The average Bonchev–Trinajstić information content (AvgIpc) is 3.11. The molecule has 1 aromatic heterocycles. The van der Waals surface area contributed by atoms with Gasteiger partial charge in [-0.3, -0.25) is 0 Å². The molecule has 0 aliphatic carbocycles. The smallest absolute Gasteiger partial charge is 0.216 e. The maximum atomic E-state index is 5.42. The minimum absolute atomic E-state index is 0.332. The van der Waals surface area contributed by atoms with Crippen LogP contribution in [0.15, 0.2) is 39.9 Å². The normalized spacial score (nSPS) is 10.9. The molecule has 10 heteroatoms. The van der Waals surface area contributed by atoms with Crippen molar-refractivity contribution in [3.63, 3.8) is 0 Å². The molecule has 0 fully saturated rings. The summed E-state index contributed by atoms with van der Waals surface area (Å²) in [7, 11) is 6.25. The number of ether oxygens (including phenoxy) is 4. The van der Waals surface area contributed by atoms with Crippen molar-refractivity contribution < 1.29 is 18.9 Å². The van der Waals surface area contributed by atoms with Gasteiger partial charge >= 0.3 is 0 Å². The lowest BCUT2D eigenvalue weighted by molar-refractivity contribution is 0.324. The number of H-pyrrole nitrogens is 1. The fourth-order valence-electron chi connectivity index (χ4n) is 2.72. The van der Waals surface area contributed by atoms with E-state index in [2.05, 4.69) is 31.2 Å². The molecule has 3 rings (SSSR count). The summed E-state index contributed by atoms with van der Waals surface area (Å²) in [5, 5.41) is 11.6. The zero-order valence-electron chi connectivity index (χ0n) is 16.2. The lowest BCUT2D eigenvalue weighted by atomic mass is 10.1. The van der Waals surface area contributed by atoms with Crippen LogP contribution < -0.4 is 18.9 Å². The van der Waals surface area contributed by atoms with Crippen molar-refractivity contribution in [2.24, 2.45) is 5.10 Å². The Bertz CT molecular complexity index is 1080. The van der Waals surface area contributed by atoms with Crippen LogP contribution in [0.4, 0.5) is 0 Å². The summed E-state index contributed by atoms with van der Waals surface area (Å²) in [5.41, 5.74) is 1.46. The van der Waals surface area contributed by atoms with E-state index in [1.807, 2.05) is 18.2 Å². The summed E-state index contributed by atoms with van der Waals surface area (Å²) in [4.78, 5) is 0. The molecule has 0 atom stereocenters. The Kier molecular flexibility index (Phi) is 6.55. The lowest BCUT2D eigenvalue weighted by Gasteiger charge is -2.13. The van der Waals surface area contributed by atoms with Gasteiger partial charge in [-0.05, 0) is 42.5 Å². The Labute approximate surface area is 181 Å². The van der Waals surface area contributed by atoms with Gasteiger partial charge in [-0.25, -0.2) is 5.10 Å². The van der Waals surface area contributed by atoms with E-state index in [0.29, 0.717) is 39.2 Å². The van der Waals surface area contributed by atoms with E-state index in [1.54, 1.807) is 46.8 Å². The zero-order chi connectivity index (χ0) is 21.0.